The Morgan fingerprint density at radius 3 is 2.30 bits per heavy atom. The Balaban J connectivity index is 1.80. The van der Waals surface area contributed by atoms with E-state index in [0.29, 0.717) is 19.7 Å². The van der Waals surface area contributed by atoms with Gasteiger partial charge in [0.25, 0.3) is 0 Å². The molecule has 0 spiro atoms. The summed E-state index contributed by atoms with van der Waals surface area (Å²) in [6.07, 6.45) is 1.60. The summed E-state index contributed by atoms with van der Waals surface area (Å²) in [6, 6.07) is 7.71. The molecule has 2 rings (SSSR count). The Kier molecular flexibility index (Phi) is 6.55. The maximum absolute atomic E-state index is 12.5. The molecule has 1 aromatic rings. The maximum atomic E-state index is 12.5. The first-order valence-electron chi connectivity index (χ1n) is 9.82. The zero-order valence-corrected chi connectivity index (χ0v) is 17.6. The van der Waals surface area contributed by atoms with Crippen LogP contribution >= 0.6 is 0 Å². The molecular weight excluding hydrogens is 340 g/mol. The van der Waals surface area contributed by atoms with Crippen molar-refractivity contribution in [1.82, 2.24) is 10.2 Å². The number of rotatable bonds is 5. The molecule has 5 nitrogen and oxygen atoms in total. The summed E-state index contributed by atoms with van der Waals surface area (Å²) >= 11 is 0. The van der Waals surface area contributed by atoms with Crippen molar-refractivity contribution in [3.05, 3.63) is 29.8 Å². The number of amides is 2. The molecular formula is C22H34N2O3. The summed E-state index contributed by atoms with van der Waals surface area (Å²) in [5, 5.41) is 2.91. The molecule has 1 aromatic carbocycles. The number of nitrogens with one attached hydrogen (secondary N) is 1. The lowest BCUT2D eigenvalue weighted by Gasteiger charge is -2.30. The Labute approximate surface area is 163 Å². The minimum Gasteiger partial charge on any atom is -0.492 e. The number of carbonyl (C=O) groups excluding carboxylic acids is 2. The number of carbonyl (C=O) groups is 2. The Morgan fingerprint density at radius 2 is 1.74 bits per heavy atom. The lowest BCUT2D eigenvalue weighted by atomic mass is 9.87. The molecule has 1 unspecified atom stereocenters. The summed E-state index contributed by atoms with van der Waals surface area (Å²) < 4.78 is 5.72. The van der Waals surface area contributed by atoms with E-state index in [1.165, 1.54) is 5.56 Å². The van der Waals surface area contributed by atoms with Crippen molar-refractivity contribution in [2.45, 2.75) is 65.8 Å². The van der Waals surface area contributed by atoms with Gasteiger partial charge in [0.15, 0.2) is 0 Å². The van der Waals surface area contributed by atoms with Gasteiger partial charge in [-0.15, -0.1) is 0 Å². The third-order valence-electron chi connectivity index (χ3n) is 4.85. The Morgan fingerprint density at radius 1 is 1.11 bits per heavy atom. The van der Waals surface area contributed by atoms with Gasteiger partial charge < -0.3 is 15.0 Å². The highest BCUT2D eigenvalue weighted by atomic mass is 16.5. The van der Waals surface area contributed by atoms with Gasteiger partial charge in [-0.05, 0) is 36.0 Å². The SMILES string of the molecule is CC(C)(C)C(=O)N1CCCC1C(=O)NCCOc1ccc(C(C)(C)C)cc1. The van der Waals surface area contributed by atoms with Crippen molar-refractivity contribution in [1.29, 1.82) is 0 Å². The molecule has 1 heterocycles. The van der Waals surface area contributed by atoms with Crippen LogP contribution in [0.1, 0.15) is 59.9 Å². The van der Waals surface area contributed by atoms with E-state index in [0.717, 1.165) is 18.6 Å². The highest BCUT2D eigenvalue weighted by molar-refractivity contribution is 5.90. The van der Waals surface area contributed by atoms with Gasteiger partial charge in [0.2, 0.25) is 11.8 Å². The fraction of sp³-hybridized carbons (Fsp3) is 0.636. The van der Waals surface area contributed by atoms with Crippen molar-refractivity contribution in [2.24, 2.45) is 5.41 Å². The lowest BCUT2D eigenvalue weighted by molar-refractivity contribution is -0.144. The molecule has 0 aromatic heterocycles. The van der Waals surface area contributed by atoms with Gasteiger partial charge in [0.05, 0.1) is 6.54 Å². The van der Waals surface area contributed by atoms with E-state index in [1.54, 1.807) is 4.90 Å². The monoisotopic (exact) mass is 374 g/mol. The van der Waals surface area contributed by atoms with Gasteiger partial charge in [-0.3, -0.25) is 9.59 Å². The zero-order chi connectivity index (χ0) is 20.2. The molecule has 0 bridgehead atoms. The average molecular weight is 375 g/mol. The van der Waals surface area contributed by atoms with Crippen LogP contribution in [0.25, 0.3) is 0 Å². The van der Waals surface area contributed by atoms with Crippen molar-refractivity contribution in [3.8, 4) is 5.75 Å². The average Bonchev–Trinajstić information content (AvgIpc) is 3.06. The normalized spacial score (nSPS) is 17.7. The van der Waals surface area contributed by atoms with Crippen LogP contribution in [0.2, 0.25) is 0 Å². The van der Waals surface area contributed by atoms with E-state index >= 15 is 0 Å². The van der Waals surface area contributed by atoms with Crippen LogP contribution in [-0.2, 0) is 15.0 Å². The van der Waals surface area contributed by atoms with Crippen LogP contribution in [-0.4, -0.2) is 42.5 Å². The second-order valence-corrected chi connectivity index (χ2v) is 9.32. The first kappa shape index (κ1) is 21.3. The van der Waals surface area contributed by atoms with Gasteiger partial charge in [-0.25, -0.2) is 0 Å². The summed E-state index contributed by atoms with van der Waals surface area (Å²) in [5.41, 5.74) is 0.906. The molecule has 0 radical (unpaired) electrons. The van der Waals surface area contributed by atoms with E-state index in [4.69, 9.17) is 4.74 Å². The molecule has 2 amide bonds. The van der Waals surface area contributed by atoms with E-state index in [-0.39, 0.29) is 23.3 Å². The molecule has 1 N–H and O–H groups in total. The van der Waals surface area contributed by atoms with Crippen LogP contribution in [0.15, 0.2) is 24.3 Å². The van der Waals surface area contributed by atoms with E-state index in [2.05, 4.69) is 38.2 Å². The highest BCUT2D eigenvalue weighted by Gasteiger charge is 2.38. The molecule has 27 heavy (non-hydrogen) atoms. The predicted octanol–water partition coefficient (Wildman–Crippen LogP) is 3.52. The van der Waals surface area contributed by atoms with Crippen LogP contribution in [0.5, 0.6) is 5.75 Å². The lowest BCUT2D eigenvalue weighted by Crippen LogP contribution is -2.49. The molecule has 1 aliphatic rings. The first-order valence-corrected chi connectivity index (χ1v) is 9.82. The van der Waals surface area contributed by atoms with Gasteiger partial charge in [0, 0.05) is 12.0 Å². The van der Waals surface area contributed by atoms with Crippen LogP contribution in [0.3, 0.4) is 0 Å². The second kappa shape index (κ2) is 8.32. The molecule has 1 aliphatic heterocycles. The summed E-state index contributed by atoms with van der Waals surface area (Å²) in [6.45, 7) is 13.7. The van der Waals surface area contributed by atoms with Gasteiger partial charge in [0.1, 0.15) is 18.4 Å². The van der Waals surface area contributed by atoms with Crippen molar-refractivity contribution in [3.63, 3.8) is 0 Å². The molecule has 1 saturated heterocycles. The standard InChI is InChI=1S/C22H34N2O3/c1-21(2,3)16-9-11-17(12-10-16)27-15-13-23-19(25)18-8-7-14-24(18)20(26)22(4,5)6/h9-12,18H,7-8,13-15H2,1-6H3,(H,23,25). The van der Waals surface area contributed by atoms with Crippen LogP contribution in [0, 0.1) is 5.41 Å². The molecule has 1 atom stereocenters. The number of nitrogens with zero attached hydrogens (tertiary/aromatic N) is 1. The molecule has 1 fully saturated rings. The zero-order valence-electron chi connectivity index (χ0n) is 17.6. The molecule has 5 heteroatoms. The minimum atomic E-state index is -0.467. The van der Waals surface area contributed by atoms with Gasteiger partial charge in [-0.2, -0.15) is 0 Å². The first-order chi connectivity index (χ1) is 12.5. The summed E-state index contributed by atoms with van der Waals surface area (Å²) in [5.74, 6) is 0.745. The quantitative estimate of drug-likeness (QED) is 0.802. The van der Waals surface area contributed by atoms with E-state index in [9.17, 15) is 9.59 Å². The second-order valence-electron chi connectivity index (χ2n) is 9.32. The van der Waals surface area contributed by atoms with Crippen molar-refractivity contribution in [2.75, 3.05) is 19.7 Å². The number of hydrogen-bond acceptors (Lipinski definition) is 3. The predicted molar refractivity (Wildman–Crippen MR) is 108 cm³/mol. The van der Waals surface area contributed by atoms with Crippen molar-refractivity contribution >= 4 is 11.8 Å². The molecule has 150 valence electrons. The fourth-order valence-electron chi connectivity index (χ4n) is 3.23. The number of hydrogen-bond donors (Lipinski definition) is 1. The topological polar surface area (TPSA) is 58.6 Å². The van der Waals surface area contributed by atoms with Gasteiger partial charge in [-0.1, -0.05) is 53.7 Å². The Hall–Kier alpha value is -2.04. The Bertz CT molecular complexity index is 654. The summed E-state index contributed by atoms with van der Waals surface area (Å²) in [4.78, 5) is 26.7. The summed E-state index contributed by atoms with van der Waals surface area (Å²) in [7, 11) is 0. The smallest absolute Gasteiger partial charge is 0.242 e. The van der Waals surface area contributed by atoms with E-state index < -0.39 is 5.41 Å². The third-order valence-corrected chi connectivity index (χ3v) is 4.85. The largest absolute Gasteiger partial charge is 0.492 e. The van der Waals surface area contributed by atoms with Crippen LogP contribution < -0.4 is 10.1 Å². The number of benzene rings is 1. The maximum Gasteiger partial charge on any atom is 0.242 e. The highest BCUT2D eigenvalue weighted by Crippen LogP contribution is 2.26. The van der Waals surface area contributed by atoms with E-state index in [1.807, 2.05) is 32.9 Å². The van der Waals surface area contributed by atoms with Crippen LogP contribution in [0.4, 0.5) is 0 Å². The number of likely N-dealkylation sites (tertiary alicyclic amines) is 1. The number of ether oxygens (including phenoxy) is 1. The van der Waals surface area contributed by atoms with Crippen molar-refractivity contribution < 1.29 is 14.3 Å². The third kappa shape index (κ3) is 5.72. The fourth-order valence-corrected chi connectivity index (χ4v) is 3.23. The molecule has 0 aliphatic carbocycles. The molecule has 0 saturated carbocycles. The minimum absolute atomic E-state index is 0.0374. The van der Waals surface area contributed by atoms with Gasteiger partial charge >= 0.3 is 0 Å².